The molecule has 0 atom stereocenters. The lowest BCUT2D eigenvalue weighted by Gasteiger charge is -2.28. The third-order valence-corrected chi connectivity index (χ3v) is 5.34. The third kappa shape index (κ3) is 4.90. The summed E-state index contributed by atoms with van der Waals surface area (Å²) in [6.45, 7) is 5.57. The topological polar surface area (TPSA) is 90.1 Å². The van der Waals surface area contributed by atoms with Crippen LogP contribution >= 0.6 is 11.6 Å². The summed E-state index contributed by atoms with van der Waals surface area (Å²) >= 11 is 6.03. The number of rotatable bonds is 3. The first-order valence-electron chi connectivity index (χ1n) is 10.2. The highest BCUT2D eigenvalue weighted by atomic mass is 35.5. The normalized spacial score (nSPS) is 19.6. The fourth-order valence-electron chi connectivity index (χ4n) is 3.68. The van der Waals surface area contributed by atoms with Gasteiger partial charge < -0.3 is 14.5 Å². The number of aromatic nitrogens is 3. The number of hydrogen-bond donors (Lipinski definition) is 1. The van der Waals surface area contributed by atoms with Crippen molar-refractivity contribution in [3.8, 4) is 11.6 Å². The van der Waals surface area contributed by atoms with E-state index in [1.807, 2.05) is 51.1 Å². The molecule has 7 nitrogen and oxygen atoms in total. The Bertz CT molecular complexity index is 1050. The second kappa shape index (κ2) is 8.22. The fraction of sp³-hybridized carbons (Fsp3) is 0.455. The molecular weight excluding hydrogens is 404 g/mol. The van der Waals surface area contributed by atoms with Crippen molar-refractivity contribution >= 4 is 28.6 Å². The highest BCUT2D eigenvalue weighted by Gasteiger charge is 2.28. The number of halogens is 1. The predicted octanol–water partition coefficient (Wildman–Crippen LogP) is 5.49. The molecule has 1 aliphatic rings. The van der Waals surface area contributed by atoms with E-state index in [4.69, 9.17) is 20.8 Å². The Balaban J connectivity index is 1.38. The van der Waals surface area contributed by atoms with E-state index in [9.17, 15) is 4.79 Å². The number of nitrogens with zero attached hydrogens (tertiary/aromatic N) is 3. The van der Waals surface area contributed by atoms with Gasteiger partial charge in [-0.3, -0.25) is 0 Å². The lowest BCUT2D eigenvalue weighted by molar-refractivity contribution is 0.0490. The van der Waals surface area contributed by atoms with Gasteiger partial charge in [-0.1, -0.05) is 17.7 Å². The summed E-state index contributed by atoms with van der Waals surface area (Å²) in [6.07, 6.45) is 3.06. The number of benzene rings is 1. The highest BCUT2D eigenvalue weighted by molar-refractivity contribution is 6.31. The van der Waals surface area contributed by atoms with Gasteiger partial charge >= 0.3 is 6.09 Å². The van der Waals surface area contributed by atoms with Crippen LogP contribution in [0.4, 0.5) is 4.79 Å². The SMILES string of the molecule is CC(C)(C)OC(=O)NC1CCC(c2nnc(-c3ccc4cc(Cl)ccc4n3)o2)CC1. The van der Waals surface area contributed by atoms with Gasteiger partial charge in [-0.25, -0.2) is 9.78 Å². The maximum absolute atomic E-state index is 12.0. The molecule has 0 bridgehead atoms. The molecule has 0 radical (unpaired) electrons. The minimum atomic E-state index is -0.496. The summed E-state index contributed by atoms with van der Waals surface area (Å²) in [5, 5.41) is 13.0. The summed E-state index contributed by atoms with van der Waals surface area (Å²) in [4.78, 5) is 16.6. The molecule has 0 saturated heterocycles. The molecule has 1 aromatic carbocycles. The minimum absolute atomic E-state index is 0.104. The van der Waals surface area contributed by atoms with Crippen molar-refractivity contribution in [2.45, 2.75) is 64.0 Å². The molecule has 4 rings (SSSR count). The Hall–Kier alpha value is -2.67. The molecular formula is C22H25ClN4O3. The largest absolute Gasteiger partial charge is 0.444 e. The summed E-state index contributed by atoms with van der Waals surface area (Å²) in [5.41, 5.74) is 0.971. The van der Waals surface area contributed by atoms with E-state index in [1.165, 1.54) is 0 Å². The molecule has 1 saturated carbocycles. The first kappa shape index (κ1) is 20.6. The van der Waals surface area contributed by atoms with Gasteiger partial charge in [-0.15, -0.1) is 10.2 Å². The van der Waals surface area contributed by atoms with Crippen LogP contribution in [0.2, 0.25) is 5.02 Å². The second-order valence-corrected chi connectivity index (χ2v) is 9.11. The number of hydrogen-bond acceptors (Lipinski definition) is 6. The van der Waals surface area contributed by atoms with Crippen molar-refractivity contribution in [1.82, 2.24) is 20.5 Å². The van der Waals surface area contributed by atoms with Crippen LogP contribution in [0.15, 0.2) is 34.7 Å². The van der Waals surface area contributed by atoms with Crippen molar-refractivity contribution in [2.75, 3.05) is 0 Å². The van der Waals surface area contributed by atoms with E-state index in [1.54, 1.807) is 0 Å². The Morgan fingerprint density at radius 1 is 1.13 bits per heavy atom. The molecule has 8 heteroatoms. The number of carbonyl (C=O) groups is 1. The average Bonchev–Trinajstić information content (AvgIpc) is 3.17. The molecule has 1 N–H and O–H groups in total. The van der Waals surface area contributed by atoms with Crippen LogP contribution in [0, 0.1) is 0 Å². The summed E-state index contributed by atoms with van der Waals surface area (Å²) in [5.74, 6) is 1.22. The lowest BCUT2D eigenvalue weighted by atomic mass is 9.86. The highest BCUT2D eigenvalue weighted by Crippen LogP contribution is 2.33. The van der Waals surface area contributed by atoms with Gasteiger partial charge in [0.05, 0.1) is 5.52 Å². The Morgan fingerprint density at radius 3 is 2.63 bits per heavy atom. The van der Waals surface area contributed by atoms with Crippen LogP contribution in [0.3, 0.4) is 0 Å². The Labute approximate surface area is 180 Å². The molecule has 1 fully saturated rings. The van der Waals surface area contributed by atoms with Crippen molar-refractivity contribution in [2.24, 2.45) is 0 Å². The molecule has 0 unspecified atom stereocenters. The number of ether oxygens (including phenoxy) is 1. The summed E-state index contributed by atoms with van der Waals surface area (Å²) in [6, 6.07) is 9.46. The maximum atomic E-state index is 12.0. The molecule has 1 amide bonds. The van der Waals surface area contributed by atoms with E-state index in [0.29, 0.717) is 22.5 Å². The number of amides is 1. The summed E-state index contributed by atoms with van der Waals surface area (Å²) < 4.78 is 11.3. The first-order valence-corrected chi connectivity index (χ1v) is 10.5. The maximum Gasteiger partial charge on any atom is 0.407 e. The molecule has 158 valence electrons. The number of nitrogens with one attached hydrogen (secondary N) is 1. The predicted molar refractivity (Wildman–Crippen MR) is 114 cm³/mol. The van der Waals surface area contributed by atoms with Crippen molar-refractivity contribution in [1.29, 1.82) is 0 Å². The zero-order valence-corrected chi connectivity index (χ0v) is 18.1. The molecule has 30 heavy (non-hydrogen) atoms. The van der Waals surface area contributed by atoms with Crippen molar-refractivity contribution in [3.05, 3.63) is 41.2 Å². The molecule has 3 aromatic rings. The van der Waals surface area contributed by atoms with E-state index in [2.05, 4.69) is 20.5 Å². The van der Waals surface area contributed by atoms with Crippen LogP contribution in [-0.4, -0.2) is 32.9 Å². The van der Waals surface area contributed by atoms with Crippen LogP contribution in [0.25, 0.3) is 22.5 Å². The van der Waals surface area contributed by atoms with Gasteiger partial charge in [0.15, 0.2) is 0 Å². The smallest absolute Gasteiger partial charge is 0.407 e. The quantitative estimate of drug-likeness (QED) is 0.593. The van der Waals surface area contributed by atoms with Gasteiger partial charge in [0.2, 0.25) is 5.89 Å². The molecule has 1 aliphatic carbocycles. The monoisotopic (exact) mass is 428 g/mol. The van der Waals surface area contributed by atoms with Crippen LogP contribution in [0.1, 0.15) is 58.3 Å². The Kier molecular flexibility index (Phi) is 5.64. The van der Waals surface area contributed by atoms with E-state index in [-0.39, 0.29) is 18.1 Å². The van der Waals surface area contributed by atoms with Gasteiger partial charge in [0.25, 0.3) is 5.89 Å². The second-order valence-electron chi connectivity index (χ2n) is 8.67. The van der Waals surface area contributed by atoms with Crippen LogP contribution < -0.4 is 5.32 Å². The van der Waals surface area contributed by atoms with Gasteiger partial charge in [-0.05, 0) is 70.7 Å². The minimum Gasteiger partial charge on any atom is -0.444 e. The molecule has 0 spiro atoms. The van der Waals surface area contributed by atoms with E-state index < -0.39 is 5.60 Å². The van der Waals surface area contributed by atoms with Crippen LogP contribution in [0.5, 0.6) is 0 Å². The number of carbonyl (C=O) groups excluding carboxylic acids is 1. The lowest BCUT2D eigenvalue weighted by Crippen LogP contribution is -2.40. The van der Waals surface area contributed by atoms with Gasteiger partial charge in [-0.2, -0.15) is 0 Å². The van der Waals surface area contributed by atoms with Crippen molar-refractivity contribution < 1.29 is 13.9 Å². The van der Waals surface area contributed by atoms with Gasteiger partial charge in [0.1, 0.15) is 11.3 Å². The first-order chi connectivity index (χ1) is 14.3. The summed E-state index contributed by atoms with van der Waals surface area (Å²) in [7, 11) is 0. The Morgan fingerprint density at radius 2 is 1.90 bits per heavy atom. The molecule has 2 aromatic heterocycles. The zero-order valence-electron chi connectivity index (χ0n) is 17.3. The molecule has 0 aliphatic heterocycles. The van der Waals surface area contributed by atoms with E-state index >= 15 is 0 Å². The number of alkyl carbamates (subject to hydrolysis) is 1. The fourth-order valence-corrected chi connectivity index (χ4v) is 3.86. The average molecular weight is 429 g/mol. The van der Waals surface area contributed by atoms with Crippen molar-refractivity contribution in [3.63, 3.8) is 0 Å². The van der Waals surface area contributed by atoms with Gasteiger partial charge in [0, 0.05) is 22.4 Å². The third-order valence-electron chi connectivity index (χ3n) is 5.11. The standard InChI is InChI=1S/C22H25ClN4O3/c1-22(2,3)30-21(28)24-16-8-4-13(5-9-16)19-26-27-20(29-19)18-10-6-14-12-15(23)7-11-17(14)25-18/h6-7,10-13,16H,4-5,8-9H2,1-3H3,(H,24,28). The number of pyridine rings is 1. The van der Waals surface area contributed by atoms with E-state index in [0.717, 1.165) is 36.6 Å². The zero-order chi connectivity index (χ0) is 21.3. The van der Waals surface area contributed by atoms with Crippen LogP contribution in [-0.2, 0) is 4.74 Å². The molecule has 2 heterocycles. The number of fused-ring (bicyclic) bond motifs is 1.